The van der Waals surface area contributed by atoms with Crippen LogP contribution >= 0.6 is 11.8 Å². The lowest BCUT2D eigenvalue weighted by molar-refractivity contribution is -0.128. The van der Waals surface area contributed by atoms with Crippen molar-refractivity contribution in [3.63, 3.8) is 0 Å². The molecule has 2 rings (SSSR count). The lowest BCUT2D eigenvalue weighted by atomic mass is 10.1. The van der Waals surface area contributed by atoms with Crippen LogP contribution in [-0.4, -0.2) is 17.6 Å². The van der Waals surface area contributed by atoms with Crippen molar-refractivity contribution in [2.75, 3.05) is 5.75 Å². The third kappa shape index (κ3) is 4.96. The van der Waals surface area contributed by atoms with Crippen molar-refractivity contribution in [1.82, 2.24) is 5.32 Å². The van der Waals surface area contributed by atoms with Crippen molar-refractivity contribution in [3.8, 4) is 0 Å². The standard InChI is InChI=1S/C16H13F2NO2S/c17-13-7-6-12(9-14(13)18)22-10-16(21)19-15(20)8-11-4-2-1-3-5-11/h1-7,9H,8,10H2,(H,19,20,21). The molecule has 0 heterocycles. The molecule has 1 N–H and O–H groups in total. The Kier molecular flexibility index (Phi) is 5.66. The van der Waals surface area contributed by atoms with Gasteiger partial charge in [0, 0.05) is 4.90 Å². The van der Waals surface area contributed by atoms with E-state index in [1.807, 2.05) is 18.2 Å². The van der Waals surface area contributed by atoms with Gasteiger partial charge in [0.15, 0.2) is 11.6 Å². The molecule has 0 unspecified atom stereocenters. The first-order valence-corrected chi connectivity index (χ1v) is 7.47. The van der Waals surface area contributed by atoms with Crippen LogP contribution in [0.5, 0.6) is 0 Å². The molecule has 6 heteroatoms. The molecule has 0 aromatic heterocycles. The summed E-state index contributed by atoms with van der Waals surface area (Å²) in [6.07, 6.45) is 0.114. The van der Waals surface area contributed by atoms with Crippen LogP contribution < -0.4 is 5.32 Å². The fourth-order valence-corrected chi connectivity index (χ4v) is 2.45. The number of benzene rings is 2. The fourth-order valence-electron chi connectivity index (χ4n) is 1.73. The molecule has 0 aliphatic rings. The first-order chi connectivity index (χ1) is 10.5. The summed E-state index contributed by atoms with van der Waals surface area (Å²) in [5, 5.41) is 2.26. The molecule has 0 saturated carbocycles. The summed E-state index contributed by atoms with van der Waals surface area (Å²) in [7, 11) is 0. The van der Waals surface area contributed by atoms with Gasteiger partial charge in [-0.1, -0.05) is 30.3 Å². The largest absolute Gasteiger partial charge is 0.295 e. The molecule has 3 nitrogen and oxygen atoms in total. The Labute approximate surface area is 130 Å². The number of amides is 2. The number of hydrogen-bond donors (Lipinski definition) is 1. The Morgan fingerprint density at radius 1 is 0.955 bits per heavy atom. The van der Waals surface area contributed by atoms with E-state index in [1.54, 1.807) is 12.1 Å². The first kappa shape index (κ1) is 16.2. The third-order valence-corrected chi connectivity index (χ3v) is 3.74. The summed E-state index contributed by atoms with van der Waals surface area (Å²) in [6, 6.07) is 12.4. The first-order valence-electron chi connectivity index (χ1n) is 6.49. The van der Waals surface area contributed by atoms with E-state index in [0.29, 0.717) is 4.90 Å². The lowest BCUT2D eigenvalue weighted by Gasteiger charge is -2.05. The molecule has 0 spiro atoms. The molecule has 0 atom stereocenters. The van der Waals surface area contributed by atoms with Crippen molar-refractivity contribution < 1.29 is 18.4 Å². The maximum absolute atomic E-state index is 13.0. The second kappa shape index (κ2) is 7.70. The van der Waals surface area contributed by atoms with Crippen LogP contribution in [0.15, 0.2) is 53.4 Å². The number of carbonyl (C=O) groups excluding carboxylic acids is 2. The minimum atomic E-state index is -0.967. The number of hydrogen-bond acceptors (Lipinski definition) is 3. The van der Waals surface area contributed by atoms with E-state index < -0.39 is 23.4 Å². The monoisotopic (exact) mass is 321 g/mol. The summed E-state index contributed by atoms with van der Waals surface area (Å²) in [5.41, 5.74) is 0.807. The topological polar surface area (TPSA) is 46.2 Å². The average Bonchev–Trinajstić information content (AvgIpc) is 2.49. The molecular weight excluding hydrogens is 308 g/mol. The molecule has 0 bridgehead atoms. The van der Waals surface area contributed by atoms with Crippen molar-refractivity contribution in [2.45, 2.75) is 11.3 Å². The minimum absolute atomic E-state index is 0.0500. The number of imide groups is 1. The van der Waals surface area contributed by atoms with Crippen LogP contribution in [0.1, 0.15) is 5.56 Å². The number of rotatable bonds is 5. The predicted molar refractivity (Wildman–Crippen MR) is 80.4 cm³/mol. The predicted octanol–water partition coefficient (Wildman–Crippen LogP) is 2.94. The van der Waals surface area contributed by atoms with E-state index in [4.69, 9.17) is 0 Å². The summed E-state index contributed by atoms with van der Waals surface area (Å²) in [4.78, 5) is 23.8. The van der Waals surface area contributed by atoms with Crippen molar-refractivity contribution in [2.24, 2.45) is 0 Å². The molecule has 114 valence electrons. The Morgan fingerprint density at radius 3 is 2.36 bits per heavy atom. The third-order valence-electron chi connectivity index (χ3n) is 2.75. The Bertz CT molecular complexity index is 677. The van der Waals surface area contributed by atoms with E-state index in [9.17, 15) is 18.4 Å². The van der Waals surface area contributed by atoms with E-state index in [-0.39, 0.29) is 12.2 Å². The van der Waals surface area contributed by atoms with Gasteiger partial charge in [-0.15, -0.1) is 11.8 Å². The Morgan fingerprint density at radius 2 is 1.68 bits per heavy atom. The van der Waals surface area contributed by atoms with Crippen LogP contribution in [0.3, 0.4) is 0 Å². The molecule has 0 radical (unpaired) electrons. The summed E-state index contributed by atoms with van der Waals surface area (Å²) < 4.78 is 25.8. The molecule has 22 heavy (non-hydrogen) atoms. The Balaban J connectivity index is 1.80. The quantitative estimate of drug-likeness (QED) is 0.861. The van der Waals surface area contributed by atoms with Gasteiger partial charge in [-0.25, -0.2) is 8.78 Å². The molecule has 0 aliphatic heterocycles. The van der Waals surface area contributed by atoms with Crippen LogP contribution in [0.4, 0.5) is 8.78 Å². The maximum atomic E-state index is 13.0. The zero-order valence-electron chi connectivity index (χ0n) is 11.5. The van der Waals surface area contributed by atoms with Crippen molar-refractivity contribution in [3.05, 3.63) is 65.7 Å². The lowest BCUT2D eigenvalue weighted by Crippen LogP contribution is -2.33. The maximum Gasteiger partial charge on any atom is 0.236 e. The van der Waals surface area contributed by atoms with Crippen LogP contribution in [0, 0.1) is 11.6 Å². The van der Waals surface area contributed by atoms with Gasteiger partial charge < -0.3 is 0 Å². The van der Waals surface area contributed by atoms with Crippen LogP contribution in [-0.2, 0) is 16.0 Å². The van der Waals surface area contributed by atoms with E-state index in [1.165, 1.54) is 6.07 Å². The summed E-state index contributed by atoms with van der Waals surface area (Å²) >= 11 is 1.03. The number of nitrogens with one attached hydrogen (secondary N) is 1. The molecule has 2 aromatic carbocycles. The zero-order chi connectivity index (χ0) is 15.9. The van der Waals surface area contributed by atoms with Gasteiger partial charge in [0.05, 0.1) is 12.2 Å². The van der Waals surface area contributed by atoms with Gasteiger partial charge in [-0.3, -0.25) is 14.9 Å². The smallest absolute Gasteiger partial charge is 0.236 e. The Hall–Kier alpha value is -2.21. The van der Waals surface area contributed by atoms with Gasteiger partial charge in [-0.05, 0) is 23.8 Å². The van der Waals surface area contributed by atoms with E-state index in [0.717, 1.165) is 29.5 Å². The second-order valence-electron chi connectivity index (χ2n) is 4.50. The zero-order valence-corrected chi connectivity index (χ0v) is 12.3. The van der Waals surface area contributed by atoms with Gasteiger partial charge in [0.25, 0.3) is 0 Å². The molecule has 2 aromatic rings. The van der Waals surface area contributed by atoms with E-state index in [2.05, 4.69) is 5.32 Å². The van der Waals surface area contributed by atoms with Gasteiger partial charge in [0.2, 0.25) is 11.8 Å². The number of carbonyl (C=O) groups is 2. The highest BCUT2D eigenvalue weighted by molar-refractivity contribution is 8.00. The van der Waals surface area contributed by atoms with Gasteiger partial charge in [-0.2, -0.15) is 0 Å². The fraction of sp³-hybridized carbons (Fsp3) is 0.125. The molecule has 0 fully saturated rings. The highest BCUT2D eigenvalue weighted by Gasteiger charge is 2.10. The second-order valence-corrected chi connectivity index (χ2v) is 5.55. The molecule has 0 saturated heterocycles. The van der Waals surface area contributed by atoms with Gasteiger partial charge in [0.1, 0.15) is 0 Å². The van der Waals surface area contributed by atoms with Gasteiger partial charge >= 0.3 is 0 Å². The summed E-state index contributed by atoms with van der Waals surface area (Å²) in [5.74, 6) is -2.83. The highest BCUT2D eigenvalue weighted by atomic mass is 32.2. The number of thioether (sulfide) groups is 1. The summed E-state index contributed by atoms with van der Waals surface area (Å²) in [6.45, 7) is 0. The average molecular weight is 321 g/mol. The highest BCUT2D eigenvalue weighted by Crippen LogP contribution is 2.20. The van der Waals surface area contributed by atoms with Crippen molar-refractivity contribution in [1.29, 1.82) is 0 Å². The van der Waals surface area contributed by atoms with E-state index >= 15 is 0 Å². The van der Waals surface area contributed by atoms with Crippen molar-refractivity contribution >= 4 is 23.6 Å². The van der Waals surface area contributed by atoms with Crippen LogP contribution in [0.25, 0.3) is 0 Å². The number of halogens is 2. The minimum Gasteiger partial charge on any atom is -0.295 e. The molecule has 2 amide bonds. The van der Waals surface area contributed by atoms with Crippen LogP contribution in [0.2, 0.25) is 0 Å². The SMILES string of the molecule is O=C(CSc1ccc(F)c(F)c1)NC(=O)Cc1ccccc1. The normalized spacial score (nSPS) is 10.3. The molecular formula is C16H13F2NO2S. The molecule has 0 aliphatic carbocycles.